The summed E-state index contributed by atoms with van der Waals surface area (Å²) in [4.78, 5) is 16.7. The van der Waals surface area contributed by atoms with Gasteiger partial charge in [-0.25, -0.2) is 0 Å². The molecule has 152 valence electrons. The first-order valence-corrected chi connectivity index (χ1v) is 10.5. The zero-order valence-electron chi connectivity index (χ0n) is 16.8. The smallest absolute Gasteiger partial charge is 0.237 e. The Hall–Kier alpha value is -2.87. The van der Waals surface area contributed by atoms with Gasteiger partial charge in [0.1, 0.15) is 5.75 Å². The van der Waals surface area contributed by atoms with Gasteiger partial charge < -0.3 is 14.6 Å². The van der Waals surface area contributed by atoms with Gasteiger partial charge in [0.25, 0.3) is 0 Å². The van der Waals surface area contributed by atoms with Crippen LogP contribution in [0.4, 0.5) is 5.69 Å². The van der Waals surface area contributed by atoms with E-state index in [-0.39, 0.29) is 11.2 Å². The minimum atomic E-state index is -0.327. The minimum Gasteiger partial charge on any atom is -0.494 e. The third-order valence-electron chi connectivity index (χ3n) is 4.19. The largest absolute Gasteiger partial charge is 0.494 e. The highest BCUT2D eigenvalue weighted by Crippen LogP contribution is 2.27. The molecule has 1 amide bonds. The number of nitrogens with zero attached hydrogens (tertiary/aromatic N) is 4. The SMILES string of the molecule is CCCn1c(SC(C)C(=O)Nc2ccc(OCC)cc2)nnc1-c1ccncc1. The van der Waals surface area contributed by atoms with Crippen LogP contribution in [0.15, 0.2) is 53.9 Å². The van der Waals surface area contributed by atoms with Crippen molar-refractivity contribution in [1.29, 1.82) is 0 Å². The molecule has 3 aromatic rings. The van der Waals surface area contributed by atoms with Crippen molar-refractivity contribution < 1.29 is 9.53 Å². The van der Waals surface area contributed by atoms with Gasteiger partial charge in [0.15, 0.2) is 11.0 Å². The summed E-state index contributed by atoms with van der Waals surface area (Å²) in [6.45, 7) is 7.30. The molecule has 0 aliphatic rings. The van der Waals surface area contributed by atoms with Gasteiger partial charge in [0.05, 0.1) is 11.9 Å². The highest BCUT2D eigenvalue weighted by Gasteiger charge is 2.20. The van der Waals surface area contributed by atoms with Crippen LogP contribution in [0.3, 0.4) is 0 Å². The fraction of sp³-hybridized carbons (Fsp3) is 0.333. The number of ether oxygens (including phenoxy) is 1. The van der Waals surface area contributed by atoms with Crippen molar-refractivity contribution in [3.05, 3.63) is 48.8 Å². The van der Waals surface area contributed by atoms with E-state index in [4.69, 9.17) is 4.74 Å². The number of amides is 1. The van der Waals surface area contributed by atoms with Gasteiger partial charge in [-0.1, -0.05) is 18.7 Å². The van der Waals surface area contributed by atoms with Gasteiger partial charge in [0, 0.05) is 30.2 Å². The Balaban J connectivity index is 1.70. The molecule has 2 heterocycles. The lowest BCUT2D eigenvalue weighted by atomic mass is 10.2. The zero-order chi connectivity index (χ0) is 20.6. The molecule has 3 rings (SSSR count). The van der Waals surface area contributed by atoms with Crippen LogP contribution >= 0.6 is 11.8 Å². The third-order valence-corrected chi connectivity index (χ3v) is 5.27. The maximum Gasteiger partial charge on any atom is 0.237 e. The molecular weight excluding hydrogens is 386 g/mol. The number of hydrogen-bond donors (Lipinski definition) is 1. The second kappa shape index (κ2) is 10.1. The highest BCUT2D eigenvalue weighted by molar-refractivity contribution is 8.00. The Bertz CT molecular complexity index is 928. The summed E-state index contributed by atoms with van der Waals surface area (Å²) in [6, 6.07) is 11.2. The van der Waals surface area contributed by atoms with Crippen molar-refractivity contribution in [2.75, 3.05) is 11.9 Å². The Morgan fingerprint density at radius 2 is 1.86 bits per heavy atom. The first kappa shape index (κ1) is 20.9. The van der Waals surface area contributed by atoms with Gasteiger partial charge in [-0.05, 0) is 56.7 Å². The summed E-state index contributed by atoms with van der Waals surface area (Å²) < 4.78 is 7.48. The molecule has 1 N–H and O–H groups in total. The molecule has 0 bridgehead atoms. The Morgan fingerprint density at radius 1 is 1.14 bits per heavy atom. The standard InChI is InChI=1S/C21H25N5O2S/c1-4-14-26-19(16-10-12-22-13-11-16)24-25-21(26)29-15(3)20(27)23-17-6-8-18(9-7-17)28-5-2/h6-13,15H,4-5,14H2,1-3H3,(H,23,27). The average Bonchev–Trinajstić information content (AvgIpc) is 3.13. The van der Waals surface area contributed by atoms with Crippen LogP contribution in [0.5, 0.6) is 5.75 Å². The maximum atomic E-state index is 12.6. The van der Waals surface area contributed by atoms with E-state index in [0.29, 0.717) is 6.61 Å². The van der Waals surface area contributed by atoms with Crippen molar-refractivity contribution in [3.63, 3.8) is 0 Å². The molecule has 0 spiro atoms. The molecule has 29 heavy (non-hydrogen) atoms. The van der Waals surface area contributed by atoms with Crippen molar-refractivity contribution in [2.24, 2.45) is 0 Å². The van der Waals surface area contributed by atoms with Crippen LogP contribution in [-0.4, -0.2) is 37.5 Å². The molecule has 1 atom stereocenters. The van der Waals surface area contributed by atoms with Crippen molar-refractivity contribution in [2.45, 2.75) is 44.1 Å². The maximum absolute atomic E-state index is 12.6. The summed E-state index contributed by atoms with van der Waals surface area (Å²) in [5.74, 6) is 1.48. The molecule has 0 radical (unpaired) electrons. The number of thioether (sulfide) groups is 1. The van der Waals surface area contributed by atoms with Crippen LogP contribution in [-0.2, 0) is 11.3 Å². The Labute approximate surface area is 174 Å². The average molecular weight is 412 g/mol. The molecule has 0 fully saturated rings. The van der Waals surface area contributed by atoms with Crippen molar-refractivity contribution in [3.8, 4) is 17.1 Å². The van der Waals surface area contributed by atoms with Crippen LogP contribution in [0.2, 0.25) is 0 Å². The third kappa shape index (κ3) is 5.35. The summed E-state index contributed by atoms with van der Waals surface area (Å²) in [5, 5.41) is 12.0. The minimum absolute atomic E-state index is 0.0873. The zero-order valence-corrected chi connectivity index (χ0v) is 17.6. The molecule has 0 saturated heterocycles. The molecule has 0 aliphatic carbocycles. The molecular formula is C21H25N5O2S. The number of nitrogens with one attached hydrogen (secondary N) is 1. The first-order valence-electron chi connectivity index (χ1n) is 9.66. The van der Waals surface area contributed by atoms with Crippen LogP contribution in [0.25, 0.3) is 11.4 Å². The first-order chi connectivity index (χ1) is 14.1. The lowest BCUT2D eigenvalue weighted by Gasteiger charge is -2.13. The number of hydrogen-bond acceptors (Lipinski definition) is 6. The Kier molecular flexibility index (Phi) is 7.24. The van der Waals surface area contributed by atoms with Gasteiger partial charge in [-0.15, -0.1) is 10.2 Å². The Morgan fingerprint density at radius 3 is 2.52 bits per heavy atom. The van der Waals surface area contributed by atoms with E-state index >= 15 is 0 Å². The number of benzene rings is 1. The molecule has 2 aromatic heterocycles. The number of carbonyl (C=O) groups excluding carboxylic acids is 1. The molecule has 1 aromatic carbocycles. The molecule has 8 heteroatoms. The number of anilines is 1. The number of pyridine rings is 1. The lowest BCUT2D eigenvalue weighted by molar-refractivity contribution is -0.115. The number of aromatic nitrogens is 4. The normalized spacial score (nSPS) is 11.8. The quantitative estimate of drug-likeness (QED) is 0.530. The molecule has 0 aliphatic heterocycles. The second-order valence-corrected chi connectivity index (χ2v) is 7.71. The van der Waals surface area contributed by atoms with E-state index in [0.717, 1.165) is 40.9 Å². The van der Waals surface area contributed by atoms with Gasteiger partial charge >= 0.3 is 0 Å². The second-order valence-electron chi connectivity index (χ2n) is 6.40. The fourth-order valence-corrected chi connectivity index (χ4v) is 3.65. The van der Waals surface area contributed by atoms with E-state index in [1.807, 2.05) is 50.2 Å². The molecule has 1 unspecified atom stereocenters. The van der Waals surface area contributed by atoms with Gasteiger partial charge in [-0.3, -0.25) is 9.78 Å². The summed E-state index contributed by atoms with van der Waals surface area (Å²) in [5.41, 5.74) is 1.69. The monoisotopic (exact) mass is 411 g/mol. The van der Waals surface area contributed by atoms with E-state index in [1.165, 1.54) is 11.8 Å². The topological polar surface area (TPSA) is 81.9 Å². The number of carbonyl (C=O) groups is 1. The summed E-state index contributed by atoms with van der Waals surface area (Å²) in [7, 11) is 0. The van der Waals surface area contributed by atoms with Crippen LogP contribution < -0.4 is 10.1 Å². The van der Waals surface area contributed by atoms with E-state index in [2.05, 4.69) is 32.0 Å². The van der Waals surface area contributed by atoms with Gasteiger partial charge in [0.2, 0.25) is 5.91 Å². The van der Waals surface area contributed by atoms with E-state index < -0.39 is 0 Å². The fourth-order valence-electron chi connectivity index (χ4n) is 2.77. The van der Waals surface area contributed by atoms with Crippen LogP contribution in [0, 0.1) is 0 Å². The van der Waals surface area contributed by atoms with E-state index in [9.17, 15) is 4.79 Å². The summed E-state index contributed by atoms with van der Waals surface area (Å²) in [6.07, 6.45) is 4.41. The lowest BCUT2D eigenvalue weighted by Crippen LogP contribution is -2.23. The molecule has 0 saturated carbocycles. The van der Waals surface area contributed by atoms with Crippen molar-refractivity contribution in [1.82, 2.24) is 19.7 Å². The van der Waals surface area contributed by atoms with Gasteiger partial charge in [-0.2, -0.15) is 0 Å². The molecule has 7 nitrogen and oxygen atoms in total. The number of rotatable bonds is 9. The highest BCUT2D eigenvalue weighted by atomic mass is 32.2. The van der Waals surface area contributed by atoms with E-state index in [1.54, 1.807) is 12.4 Å². The van der Waals surface area contributed by atoms with Crippen molar-refractivity contribution >= 4 is 23.4 Å². The summed E-state index contributed by atoms with van der Waals surface area (Å²) >= 11 is 1.40. The predicted octanol–water partition coefficient (Wildman–Crippen LogP) is 4.27. The predicted molar refractivity (Wildman–Crippen MR) is 115 cm³/mol. The van der Waals surface area contributed by atoms with Crippen LogP contribution in [0.1, 0.15) is 27.2 Å².